The summed E-state index contributed by atoms with van der Waals surface area (Å²) in [5, 5.41) is 6.61. The number of nitrogens with one attached hydrogen (secondary N) is 1. The second-order valence-corrected chi connectivity index (χ2v) is 10.3. The Bertz CT molecular complexity index is 1380. The number of rotatable bonds is 6. The molecule has 7 nitrogen and oxygen atoms in total. The molecule has 1 aromatic heterocycles. The van der Waals surface area contributed by atoms with Crippen LogP contribution in [0, 0.1) is 31.4 Å². The molecule has 1 aliphatic rings. The maximum absolute atomic E-state index is 13.9. The highest BCUT2D eigenvalue weighted by Crippen LogP contribution is 2.30. The molecule has 2 heterocycles. The summed E-state index contributed by atoms with van der Waals surface area (Å²) in [7, 11) is -3.96. The van der Waals surface area contributed by atoms with Crippen molar-refractivity contribution in [3.8, 4) is 0 Å². The number of aryl methyl sites for hydroxylation is 2. The predicted molar refractivity (Wildman–Crippen MR) is 128 cm³/mol. The monoisotopic (exact) mass is 501 g/mol. The molecule has 0 atom stereocenters. The molecule has 3 aromatic rings. The van der Waals surface area contributed by atoms with E-state index in [1.54, 1.807) is 25.1 Å². The number of piperidine rings is 1. The number of hydrogen-bond acceptors (Lipinski definition) is 5. The van der Waals surface area contributed by atoms with Gasteiger partial charge in [0.15, 0.2) is 10.7 Å². The van der Waals surface area contributed by atoms with Crippen LogP contribution in [0.1, 0.15) is 35.4 Å². The smallest absolute Gasteiger partial charge is 0.248 e. The van der Waals surface area contributed by atoms with Crippen molar-refractivity contribution in [2.45, 2.75) is 31.6 Å². The van der Waals surface area contributed by atoms with E-state index in [1.165, 1.54) is 47.6 Å². The Balaban J connectivity index is 1.46. The SMILES string of the molecule is Cc1cc(F)ccc1NC(=O)C1CCN(S(=O)(=O)c2c(C)noc2C=Cc2ccccc2F)CC1. The molecule has 35 heavy (non-hydrogen) atoms. The van der Waals surface area contributed by atoms with E-state index in [4.69, 9.17) is 4.52 Å². The van der Waals surface area contributed by atoms with Gasteiger partial charge >= 0.3 is 0 Å². The van der Waals surface area contributed by atoms with E-state index in [0.29, 0.717) is 24.1 Å². The largest absolute Gasteiger partial charge is 0.355 e. The van der Waals surface area contributed by atoms with Gasteiger partial charge in [0.2, 0.25) is 15.9 Å². The minimum atomic E-state index is -3.96. The summed E-state index contributed by atoms with van der Waals surface area (Å²) in [6.07, 6.45) is 3.48. The summed E-state index contributed by atoms with van der Waals surface area (Å²) in [6, 6.07) is 10.2. The molecular weight excluding hydrogens is 476 g/mol. The Morgan fingerprint density at radius 2 is 1.83 bits per heavy atom. The fourth-order valence-electron chi connectivity index (χ4n) is 4.06. The molecular formula is C25H25F2N3O4S. The number of nitrogens with zero attached hydrogens (tertiary/aromatic N) is 2. The fourth-order valence-corrected chi connectivity index (χ4v) is 5.78. The molecule has 184 valence electrons. The lowest BCUT2D eigenvalue weighted by atomic mass is 9.97. The van der Waals surface area contributed by atoms with E-state index in [1.807, 2.05) is 0 Å². The standard InChI is InChI=1S/C25H25F2N3O4S/c1-16-15-20(26)8-9-22(16)28-25(31)19-11-13-30(14-12-19)35(32,33)24-17(2)29-34-23(24)10-7-18-5-3-4-6-21(18)27/h3-10,15,19H,11-14H2,1-2H3,(H,28,31). The number of amides is 1. The zero-order valence-electron chi connectivity index (χ0n) is 19.3. The summed E-state index contributed by atoms with van der Waals surface area (Å²) in [5.41, 5.74) is 1.62. The number of aromatic nitrogens is 1. The average molecular weight is 502 g/mol. The van der Waals surface area contributed by atoms with Crippen molar-refractivity contribution in [1.82, 2.24) is 9.46 Å². The summed E-state index contributed by atoms with van der Waals surface area (Å²) in [4.78, 5) is 12.6. The molecule has 0 aliphatic carbocycles. The van der Waals surface area contributed by atoms with Gasteiger partial charge in [-0.3, -0.25) is 4.79 Å². The first-order valence-corrected chi connectivity index (χ1v) is 12.6. The highest BCUT2D eigenvalue weighted by molar-refractivity contribution is 7.89. The van der Waals surface area contributed by atoms with Crippen LogP contribution in [0.2, 0.25) is 0 Å². The Labute approximate surface area is 202 Å². The molecule has 1 fully saturated rings. The molecule has 1 aliphatic heterocycles. The lowest BCUT2D eigenvalue weighted by Gasteiger charge is -2.30. The van der Waals surface area contributed by atoms with Gasteiger partial charge in [-0.2, -0.15) is 4.31 Å². The van der Waals surface area contributed by atoms with E-state index in [2.05, 4.69) is 10.5 Å². The van der Waals surface area contributed by atoms with E-state index < -0.39 is 15.8 Å². The van der Waals surface area contributed by atoms with Gasteiger partial charge in [0.1, 0.15) is 17.3 Å². The van der Waals surface area contributed by atoms with Gasteiger partial charge in [0, 0.05) is 30.3 Å². The van der Waals surface area contributed by atoms with Crippen LogP contribution in [0.15, 0.2) is 51.9 Å². The van der Waals surface area contributed by atoms with Crippen LogP contribution < -0.4 is 5.32 Å². The molecule has 1 N–H and O–H groups in total. The van der Waals surface area contributed by atoms with Gasteiger partial charge in [-0.25, -0.2) is 17.2 Å². The van der Waals surface area contributed by atoms with Crippen molar-refractivity contribution in [3.05, 3.63) is 76.7 Å². The average Bonchev–Trinajstić information content (AvgIpc) is 3.21. The zero-order chi connectivity index (χ0) is 25.2. The van der Waals surface area contributed by atoms with E-state index in [9.17, 15) is 22.0 Å². The lowest BCUT2D eigenvalue weighted by molar-refractivity contribution is -0.120. The second kappa shape index (κ2) is 10.1. The van der Waals surface area contributed by atoms with Crippen molar-refractivity contribution < 1.29 is 26.5 Å². The van der Waals surface area contributed by atoms with Crippen LogP contribution >= 0.6 is 0 Å². The van der Waals surface area contributed by atoms with Crippen molar-refractivity contribution in [2.75, 3.05) is 18.4 Å². The Hall–Kier alpha value is -3.37. The van der Waals surface area contributed by atoms with Crippen LogP contribution in [0.25, 0.3) is 12.2 Å². The van der Waals surface area contributed by atoms with E-state index in [0.717, 1.165) is 0 Å². The van der Waals surface area contributed by atoms with Crippen LogP contribution in [-0.2, 0) is 14.8 Å². The molecule has 1 amide bonds. The molecule has 0 radical (unpaired) electrons. The van der Waals surface area contributed by atoms with E-state index >= 15 is 0 Å². The number of anilines is 1. The summed E-state index contributed by atoms with van der Waals surface area (Å²) in [6.45, 7) is 3.52. The molecule has 0 saturated carbocycles. The topological polar surface area (TPSA) is 92.5 Å². The Morgan fingerprint density at radius 1 is 1.11 bits per heavy atom. The molecule has 0 spiro atoms. The van der Waals surface area contributed by atoms with Crippen LogP contribution in [-0.4, -0.2) is 36.9 Å². The number of sulfonamides is 1. The number of benzene rings is 2. The molecule has 4 rings (SSSR count). The third-order valence-corrected chi connectivity index (χ3v) is 8.08. The minimum absolute atomic E-state index is 0.0115. The molecule has 0 bridgehead atoms. The van der Waals surface area contributed by atoms with Crippen molar-refractivity contribution in [2.24, 2.45) is 5.92 Å². The third-order valence-electron chi connectivity index (χ3n) is 6.02. The quantitative estimate of drug-likeness (QED) is 0.525. The number of hydrogen-bond donors (Lipinski definition) is 1. The van der Waals surface area contributed by atoms with Crippen LogP contribution in [0.3, 0.4) is 0 Å². The molecule has 2 aromatic carbocycles. The van der Waals surface area contributed by atoms with Crippen LogP contribution in [0.4, 0.5) is 14.5 Å². The van der Waals surface area contributed by atoms with Crippen molar-refractivity contribution >= 4 is 33.8 Å². The van der Waals surface area contributed by atoms with Crippen molar-refractivity contribution in [3.63, 3.8) is 0 Å². The normalized spacial score (nSPS) is 15.5. The fraction of sp³-hybridized carbons (Fsp3) is 0.280. The maximum Gasteiger partial charge on any atom is 0.248 e. The first-order chi connectivity index (χ1) is 16.7. The summed E-state index contributed by atoms with van der Waals surface area (Å²) < 4.78 is 60.6. The lowest BCUT2D eigenvalue weighted by Crippen LogP contribution is -2.41. The van der Waals surface area contributed by atoms with E-state index in [-0.39, 0.29) is 52.6 Å². The highest BCUT2D eigenvalue weighted by Gasteiger charge is 2.36. The zero-order valence-corrected chi connectivity index (χ0v) is 20.1. The molecule has 0 unspecified atom stereocenters. The van der Waals surface area contributed by atoms with Gasteiger partial charge in [-0.15, -0.1) is 0 Å². The molecule has 1 saturated heterocycles. The minimum Gasteiger partial charge on any atom is -0.355 e. The van der Waals surface area contributed by atoms with Gasteiger partial charge < -0.3 is 9.84 Å². The number of carbonyl (C=O) groups excluding carboxylic acids is 1. The number of halogens is 2. The van der Waals surface area contributed by atoms with Gasteiger partial charge in [0.05, 0.1) is 0 Å². The van der Waals surface area contributed by atoms with Gasteiger partial charge in [-0.1, -0.05) is 23.4 Å². The Morgan fingerprint density at radius 3 is 2.51 bits per heavy atom. The molecule has 10 heteroatoms. The van der Waals surface area contributed by atoms with Crippen LogP contribution in [0.5, 0.6) is 0 Å². The number of carbonyl (C=O) groups is 1. The first kappa shape index (κ1) is 24.7. The van der Waals surface area contributed by atoms with Gasteiger partial charge in [0.25, 0.3) is 0 Å². The van der Waals surface area contributed by atoms with Crippen molar-refractivity contribution in [1.29, 1.82) is 0 Å². The predicted octanol–water partition coefficient (Wildman–Crippen LogP) is 4.78. The summed E-state index contributed by atoms with van der Waals surface area (Å²) >= 11 is 0. The first-order valence-electron chi connectivity index (χ1n) is 11.1. The third kappa shape index (κ3) is 5.33. The second-order valence-electron chi connectivity index (χ2n) is 8.44. The Kier molecular flexibility index (Phi) is 7.13. The summed E-state index contributed by atoms with van der Waals surface area (Å²) in [5.74, 6) is -1.43. The maximum atomic E-state index is 13.9. The van der Waals surface area contributed by atoms with Gasteiger partial charge in [-0.05, 0) is 68.7 Å². The highest BCUT2D eigenvalue weighted by atomic mass is 32.2.